The fourth-order valence-electron chi connectivity index (χ4n) is 3.62. The highest BCUT2D eigenvalue weighted by molar-refractivity contribution is 5.77. The summed E-state index contributed by atoms with van der Waals surface area (Å²) in [6.07, 6.45) is 7.19. The number of carboxylic acid groups (broad SMARTS) is 1. The molecule has 2 fully saturated rings. The lowest BCUT2D eigenvalue weighted by atomic mass is 9.93. The quantitative estimate of drug-likeness (QED) is 0.737. The minimum absolute atomic E-state index is 0.0175. The summed E-state index contributed by atoms with van der Waals surface area (Å²) in [5, 5.41) is 21.6. The Kier molecular flexibility index (Phi) is 5.45. The van der Waals surface area contributed by atoms with Gasteiger partial charge >= 0.3 is 12.0 Å². The van der Waals surface area contributed by atoms with E-state index in [0.717, 1.165) is 51.4 Å². The van der Waals surface area contributed by atoms with E-state index in [1.807, 2.05) is 0 Å². The summed E-state index contributed by atoms with van der Waals surface area (Å²) in [7, 11) is 0. The first kappa shape index (κ1) is 16.1. The molecule has 1 saturated carbocycles. The molecule has 0 bridgehead atoms. The standard InChI is InChI=1S/C15H26N2O4/c18-11-12-6-2-1-5-9-17(12)14(21)16-15(10-13(19)20)7-3-4-8-15/h12,18H,1-11H2,(H,16,21)(H,19,20). The summed E-state index contributed by atoms with van der Waals surface area (Å²) in [4.78, 5) is 25.4. The number of urea groups is 1. The van der Waals surface area contributed by atoms with Crippen molar-refractivity contribution in [3.8, 4) is 0 Å². The normalized spacial score (nSPS) is 25.4. The van der Waals surface area contributed by atoms with Crippen molar-refractivity contribution < 1.29 is 19.8 Å². The van der Waals surface area contributed by atoms with Crippen LogP contribution in [-0.2, 0) is 4.79 Å². The highest BCUT2D eigenvalue weighted by atomic mass is 16.4. The Balaban J connectivity index is 2.04. The molecule has 0 aromatic heterocycles. The van der Waals surface area contributed by atoms with Gasteiger partial charge in [0.1, 0.15) is 0 Å². The van der Waals surface area contributed by atoms with Gasteiger partial charge in [-0.25, -0.2) is 4.79 Å². The van der Waals surface area contributed by atoms with Gasteiger partial charge in [-0.15, -0.1) is 0 Å². The highest BCUT2D eigenvalue weighted by Gasteiger charge is 2.39. The van der Waals surface area contributed by atoms with Crippen molar-refractivity contribution in [1.82, 2.24) is 10.2 Å². The zero-order valence-corrected chi connectivity index (χ0v) is 12.5. The lowest BCUT2D eigenvalue weighted by Crippen LogP contribution is -2.55. The van der Waals surface area contributed by atoms with Crippen molar-refractivity contribution in [3.05, 3.63) is 0 Å². The maximum Gasteiger partial charge on any atom is 0.318 e. The Labute approximate surface area is 125 Å². The summed E-state index contributed by atoms with van der Waals surface area (Å²) in [6, 6.07) is -0.352. The number of nitrogens with one attached hydrogen (secondary N) is 1. The van der Waals surface area contributed by atoms with E-state index in [1.165, 1.54) is 0 Å². The molecule has 0 spiro atoms. The fourth-order valence-corrected chi connectivity index (χ4v) is 3.62. The third-order valence-corrected chi connectivity index (χ3v) is 4.77. The summed E-state index contributed by atoms with van der Waals surface area (Å²) in [5.74, 6) is -0.869. The third-order valence-electron chi connectivity index (χ3n) is 4.77. The van der Waals surface area contributed by atoms with Gasteiger partial charge in [0.2, 0.25) is 0 Å². The number of carboxylic acids is 1. The molecule has 1 saturated heterocycles. The van der Waals surface area contributed by atoms with E-state index in [0.29, 0.717) is 6.54 Å². The minimum atomic E-state index is -0.869. The predicted octanol–water partition coefficient (Wildman–Crippen LogP) is 1.72. The van der Waals surface area contributed by atoms with Crippen LogP contribution in [0.1, 0.15) is 57.8 Å². The molecule has 3 N–H and O–H groups in total. The molecule has 0 aromatic rings. The number of carbonyl (C=O) groups is 2. The smallest absolute Gasteiger partial charge is 0.318 e. The lowest BCUT2D eigenvalue weighted by molar-refractivity contribution is -0.138. The van der Waals surface area contributed by atoms with Crippen LogP contribution in [0.25, 0.3) is 0 Å². The van der Waals surface area contributed by atoms with E-state index in [2.05, 4.69) is 5.32 Å². The van der Waals surface area contributed by atoms with Gasteiger partial charge in [0, 0.05) is 6.54 Å². The van der Waals surface area contributed by atoms with Gasteiger partial charge in [0.25, 0.3) is 0 Å². The molecule has 2 rings (SSSR count). The van der Waals surface area contributed by atoms with Crippen LogP contribution in [0.15, 0.2) is 0 Å². The maximum atomic E-state index is 12.6. The molecule has 1 atom stereocenters. The molecule has 0 aromatic carbocycles. The number of hydrogen-bond acceptors (Lipinski definition) is 3. The van der Waals surface area contributed by atoms with Gasteiger partial charge in [0.15, 0.2) is 0 Å². The molecule has 21 heavy (non-hydrogen) atoms. The first-order valence-corrected chi connectivity index (χ1v) is 7.98. The van der Waals surface area contributed by atoms with Crippen molar-refractivity contribution in [2.45, 2.75) is 69.4 Å². The first-order chi connectivity index (χ1) is 10.1. The zero-order valence-electron chi connectivity index (χ0n) is 12.5. The fraction of sp³-hybridized carbons (Fsp3) is 0.867. The van der Waals surface area contributed by atoms with E-state index in [9.17, 15) is 14.7 Å². The topological polar surface area (TPSA) is 89.9 Å². The molecule has 0 radical (unpaired) electrons. The van der Waals surface area contributed by atoms with Gasteiger partial charge < -0.3 is 20.4 Å². The molecular weight excluding hydrogens is 272 g/mol. The maximum absolute atomic E-state index is 12.6. The van der Waals surface area contributed by atoms with Crippen LogP contribution >= 0.6 is 0 Å². The van der Waals surface area contributed by atoms with Crippen LogP contribution in [0.5, 0.6) is 0 Å². The lowest BCUT2D eigenvalue weighted by Gasteiger charge is -2.35. The average molecular weight is 298 g/mol. The monoisotopic (exact) mass is 298 g/mol. The van der Waals surface area contributed by atoms with E-state index >= 15 is 0 Å². The summed E-state index contributed by atoms with van der Waals surface area (Å²) < 4.78 is 0. The first-order valence-electron chi connectivity index (χ1n) is 7.98. The molecule has 6 nitrogen and oxygen atoms in total. The van der Waals surface area contributed by atoms with Crippen molar-refractivity contribution in [2.75, 3.05) is 13.2 Å². The molecule has 2 amide bonds. The Morgan fingerprint density at radius 1 is 1.14 bits per heavy atom. The highest BCUT2D eigenvalue weighted by Crippen LogP contribution is 2.33. The molecule has 2 aliphatic rings. The summed E-state index contributed by atoms with van der Waals surface area (Å²) >= 11 is 0. The number of hydrogen-bond donors (Lipinski definition) is 3. The third kappa shape index (κ3) is 4.09. The number of aliphatic hydroxyl groups excluding tert-OH is 1. The molecule has 1 aliphatic carbocycles. The van der Waals surface area contributed by atoms with Crippen molar-refractivity contribution in [3.63, 3.8) is 0 Å². The average Bonchev–Trinajstić information content (AvgIpc) is 2.74. The van der Waals surface area contributed by atoms with E-state index in [-0.39, 0.29) is 25.1 Å². The number of nitrogens with zero attached hydrogens (tertiary/aromatic N) is 1. The Bertz CT molecular complexity index is 380. The van der Waals surface area contributed by atoms with Crippen molar-refractivity contribution >= 4 is 12.0 Å². The van der Waals surface area contributed by atoms with E-state index in [1.54, 1.807) is 4.90 Å². The van der Waals surface area contributed by atoms with Gasteiger partial charge in [-0.1, -0.05) is 25.7 Å². The summed E-state index contributed by atoms with van der Waals surface area (Å²) in [6.45, 7) is 0.611. The molecule has 120 valence electrons. The number of amides is 2. The largest absolute Gasteiger partial charge is 0.481 e. The molecule has 1 aliphatic heterocycles. The number of aliphatic hydroxyl groups is 1. The van der Waals surface area contributed by atoms with Gasteiger partial charge in [-0.2, -0.15) is 0 Å². The molecule has 1 heterocycles. The SMILES string of the molecule is O=C(O)CC1(NC(=O)N2CCCCCC2CO)CCCC1. The number of rotatable bonds is 4. The Morgan fingerprint density at radius 2 is 1.86 bits per heavy atom. The van der Waals surface area contributed by atoms with Crippen molar-refractivity contribution in [2.24, 2.45) is 0 Å². The van der Waals surface area contributed by atoms with Gasteiger partial charge in [-0.3, -0.25) is 4.79 Å². The van der Waals surface area contributed by atoms with Crippen LogP contribution in [0.2, 0.25) is 0 Å². The predicted molar refractivity (Wildman–Crippen MR) is 78.0 cm³/mol. The van der Waals surface area contributed by atoms with Crippen LogP contribution in [0, 0.1) is 0 Å². The molecule has 6 heteroatoms. The number of likely N-dealkylation sites (tertiary alicyclic amines) is 1. The second kappa shape index (κ2) is 7.11. The van der Waals surface area contributed by atoms with E-state index < -0.39 is 11.5 Å². The van der Waals surface area contributed by atoms with Crippen molar-refractivity contribution in [1.29, 1.82) is 0 Å². The van der Waals surface area contributed by atoms with Gasteiger partial charge in [-0.05, 0) is 25.7 Å². The Morgan fingerprint density at radius 3 is 2.48 bits per heavy atom. The number of carbonyl (C=O) groups excluding carboxylic acids is 1. The van der Waals surface area contributed by atoms with Crippen LogP contribution in [0.4, 0.5) is 4.79 Å². The van der Waals surface area contributed by atoms with E-state index in [4.69, 9.17) is 5.11 Å². The van der Waals surface area contributed by atoms with Crippen LogP contribution in [0.3, 0.4) is 0 Å². The summed E-state index contributed by atoms with van der Waals surface area (Å²) in [5.41, 5.74) is -0.602. The second-order valence-electron chi connectivity index (χ2n) is 6.37. The minimum Gasteiger partial charge on any atom is -0.481 e. The zero-order chi connectivity index (χ0) is 15.3. The second-order valence-corrected chi connectivity index (χ2v) is 6.37. The molecule has 1 unspecified atom stereocenters. The Hall–Kier alpha value is -1.30. The van der Waals surface area contributed by atoms with Crippen LogP contribution in [-0.4, -0.2) is 51.8 Å². The van der Waals surface area contributed by atoms with Crippen LogP contribution < -0.4 is 5.32 Å². The number of aliphatic carboxylic acids is 1. The molecular formula is C15H26N2O4. The van der Waals surface area contributed by atoms with Gasteiger partial charge in [0.05, 0.1) is 24.6 Å².